The van der Waals surface area contributed by atoms with E-state index >= 15 is 0 Å². The van der Waals surface area contributed by atoms with E-state index in [1.165, 1.54) is 0 Å². The quantitative estimate of drug-likeness (QED) is 0.878. The first-order valence-corrected chi connectivity index (χ1v) is 6.46. The van der Waals surface area contributed by atoms with Gasteiger partial charge in [-0.3, -0.25) is 4.79 Å². The van der Waals surface area contributed by atoms with Crippen LogP contribution in [0.3, 0.4) is 0 Å². The summed E-state index contributed by atoms with van der Waals surface area (Å²) in [6.45, 7) is 3.19. The summed E-state index contributed by atoms with van der Waals surface area (Å²) in [5, 5.41) is 0. The smallest absolute Gasteiger partial charge is 0.357 e. The zero-order valence-corrected chi connectivity index (χ0v) is 10.8. The number of carbonyl (C=O) groups excluding carboxylic acids is 1. The fourth-order valence-electron chi connectivity index (χ4n) is 2.02. The highest BCUT2D eigenvalue weighted by Gasteiger charge is 2.34. The van der Waals surface area contributed by atoms with Crippen LogP contribution in [0.15, 0.2) is 12.3 Å². The van der Waals surface area contributed by atoms with E-state index in [0.29, 0.717) is 19.0 Å². The summed E-state index contributed by atoms with van der Waals surface area (Å²) in [6.07, 6.45) is -0.288. The maximum absolute atomic E-state index is 12.5. The van der Waals surface area contributed by atoms with Crippen molar-refractivity contribution in [3.05, 3.63) is 23.5 Å². The van der Waals surface area contributed by atoms with Gasteiger partial charge in [0.1, 0.15) is 5.69 Å². The molecule has 0 bridgehead atoms. The molecule has 2 rings (SSSR count). The highest BCUT2D eigenvalue weighted by molar-refractivity contribution is 5.94. The average molecular weight is 274 g/mol. The lowest BCUT2D eigenvalue weighted by molar-refractivity contribution is -0.140. The summed E-state index contributed by atoms with van der Waals surface area (Å²) in [5.74, 6) is 0.206. The molecule has 1 aliphatic carbocycles. The molecule has 19 heavy (non-hydrogen) atoms. The number of hydrogen-bond donors (Lipinski definition) is 1. The zero-order chi connectivity index (χ0) is 14.0. The molecular weight excluding hydrogens is 257 g/mol. The number of carbonyl (C=O) groups is 1. The number of hydrogen-bond acceptors (Lipinski definition) is 1. The third-order valence-electron chi connectivity index (χ3n) is 3.19. The standard InChI is InChI=1S/C13H17F3N2O/c1-2-5-18(8-9-3-4-9)12(19)10-6-11(17-7-10)13(14,15)16/h6-7,9,17H,2-5,8H2,1H3. The monoisotopic (exact) mass is 274 g/mol. The Morgan fingerprint density at radius 3 is 2.63 bits per heavy atom. The Morgan fingerprint density at radius 1 is 1.47 bits per heavy atom. The van der Waals surface area contributed by atoms with Gasteiger partial charge in [-0.05, 0) is 31.2 Å². The molecule has 1 aliphatic rings. The molecule has 3 nitrogen and oxygen atoms in total. The second kappa shape index (κ2) is 5.27. The normalized spacial score (nSPS) is 15.6. The highest BCUT2D eigenvalue weighted by atomic mass is 19.4. The summed E-state index contributed by atoms with van der Waals surface area (Å²) in [5.41, 5.74) is -0.792. The van der Waals surface area contributed by atoms with E-state index in [2.05, 4.69) is 4.98 Å². The van der Waals surface area contributed by atoms with Gasteiger partial charge in [0.2, 0.25) is 0 Å². The first kappa shape index (κ1) is 14.0. The van der Waals surface area contributed by atoms with Crippen LogP contribution in [0.2, 0.25) is 0 Å². The Balaban J connectivity index is 2.09. The van der Waals surface area contributed by atoms with Crippen molar-refractivity contribution in [2.24, 2.45) is 5.92 Å². The van der Waals surface area contributed by atoms with Crippen LogP contribution in [-0.4, -0.2) is 28.9 Å². The van der Waals surface area contributed by atoms with Gasteiger partial charge in [-0.1, -0.05) is 6.92 Å². The Labute approximate surface area is 109 Å². The second-order valence-corrected chi connectivity index (χ2v) is 4.99. The molecule has 1 amide bonds. The molecule has 0 saturated heterocycles. The fraction of sp³-hybridized carbons (Fsp3) is 0.615. The molecule has 0 spiro atoms. The number of nitrogens with one attached hydrogen (secondary N) is 1. The van der Waals surface area contributed by atoms with Crippen LogP contribution < -0.4 is 0 Å². The molecule has 0 radical (unpaired) electrons. The molecule has 1 aromatic heterocycles. The Bertz CT molecular complexity index is 449. The Hall–Kier alpha value is -1.46. The molecule has 6 heteroatoms. The van der Waals surface area contributed by atoms with Crippen molar-refractivity contribution in [1.29, 1.82) is 0 Å². The molecule has 0 unspecified atom stereocenters. The maximum Gasteiger partial charge on any atom is 0.431 e. The van der Waals surface area contributed by atoms with Crippen LogP contribution in [-0.2, 0) is 6.18 Å². The molecule has 1 aromatic rings. The van der Waals surface area contributed by atoms with Gasteiger partial charge in [-0.15, -0.1) is 0 Å². The van der Waals surface area contributed by atoms with Gasteiger partial charge in [-0.2, -0.15) is 13.2 Å². The van der Waals surface area contributed by atoms with Gasteiger partial charge in [0.05, 0.1) is 5.56 Å². The molecule has 1 N–H and O–H groups in total. The first-order valence-electron chi connectivity index (χ1n) is 6.46. The van der Waals surface area contributed by atoms with Crippen LogP contribution >= 0.6 is 0 Å². The Kier molecular flexibility index (Phi) is 3.87. The van der Waals surface area contributed by atoms with Gasteiger partial charge in [-0.25, -0.2) is 0 Å². The summed E-state index contributed by atoms with van der Waals surface area (Å²) < 4.78 is 37.4. The van der Waals surface area contributed by atoms with Crippen molar-refractivity contribution in [3.63, 3.8) is 0 Å². The molecule has 1 heterocycles. The van der Waals surface area contributed by atoms with Crippen LogP contribution in [0.5, 0.6) is 0 Å². The molecule has 1 saturated carbocycles. The fourth-order valence-corrected chi connectivity index (χ4v) is 2.02. The number of nitrogens with zero attached hydrogens (tertiary/aromatic N) is 1. The van der Waals surface area contributed by atoms with Crippen molar-refractivity contribution in [1.82, 2.24) is 9.88 Å². The summed E-state index contributed by atoms with van der Waals surface area (Å²) in [7, 11) is 0. The van der Waals surface area contributed by atoms with Gasteiger partial charge in [0.25, 0.3) is 5.91 Å². The van der Waals surface area contributed by atoms with E-state index in [1.54, 1.807) is 4.90 Å². The van der Waals surface area contributed by atoms with Crippen molar-refractivity contribution in [2.75, 3.05) is 13.1 Å². The van der Waals surface area contributed by atoms with E-state index < -0.39 is 11.9 Å². The minimum Gasteiger partial charge on any atom is -0.357 e. The van der Waals surface area contributed by atoms with Crippen LogP contribution in [0.1, 0.15) is 42.2 Å². The van der Waals surface area contributed by atoms with Gasteiger partial charge < -0.3 is 9.88 Å². The lowest BCUT2D eigenvalue weighted by Crippen LogP contribution is -2.33. The minimum absolute atomic E-state index is 0.0847. The number of amides is 1. The largest absolute Gasteiger partial charge is 0.431 e. The van der Waals surface area contributed by atoms with Crippen molar-refractivity contribution >= 4 is 5.91 Å². The number of aromatic amines is 1. The topological polar surface area (TPSA) is 36.1 Å². The average Bonchev–Trinajstić information content (AvgIpc) is 2.99. The molecule has 1 fully saturated rings. The second-order valence-electron chi connectivity index (χ2n) is 4.99. The van der Waals surface area contributed by atoms with Crippen LogP contribution in [0.4, 0.5) is 13.2 Å². The van der Waals surface area contributed by atoms with E-state index in [9.17, 15) is 18.0 Å². The molecule has 0 atom stereocenters. The van der Waals surface area contributed by atoms with Gasteiger partial charge in [0.15, 0.2) is 0 Å². The molecule has 0 aromatic carbocycles. The van der Waals surface area contributed by atoms with Crippen LogP contribution in [0, 0.1) is 5.92 Å². The zero-order valence-electron chi connectivity index (χ0n) is 10.8. The van der Waals surface area contributed by atoms with E-state index in [4.69, 9.17) is 0 Å². The third kappa shape index (κ3) is 3.52. The number of aromatic nitrogens is 1. The maximum atomic E-state index is 12.5. The van der Waals surface area contributed by atoms with Crippen molar-refractivity contribution in [3.8, 4) is 0 Å². The van der Waals surface area contributed by atoms with Gasteiger partial charge in [0, 0.05) is 19.3 Å². The lowest BCUT2D eigenvalue weighted by atomic mass is 10.2. The summed E-state index contributed by atoms with van der Waals surface area (Å²) in [4.78, 5) is 16.0. The van der Waals surface area contributed by atoms with E-state index in [0.717, 1.165) is 31.5 Å². The number of halogens is 3. The van der Waals surface area contributed by atoms with E-state index in [-0.39, 0.29) is 11.5 Å². The van der Waals surface area contributed by atoms with E-state index in [1.807, 2.05) is 6.92 Å². The highest BCUT2D eigenvalue weighted by Crippen LogP contribution is 2.31. The predicted octanol–water partition coefficient (Wildman–Crippen LogP) is 3.30. The SMILES string of the molecule is CCCN(CC1CC1)C(=O)c1c[nH]c(C(F)(F)F)c1. The number of H-pyrrole nitrogens is 1. The summed E-state index contributed by atoms with van der Waals surface area (Å²) >= 11 is 0. The first-order chi connectivity index (χ1) is 8.91. The summed E-state index contributed by atoms with van der Waals surface area (Å²) in [6, 6.07) is 0.887. The Morgan fingerprint density at radius 2 is 2.16 bits per heavy atom. The number of rotatable bonds is 5. The van der Waals surface area contributed by atoms with Crippen LogP contribution in [0.25, 0.3) is 0 Å². The third-order valence-corrected chi connectivity index (χ3v) is 3.19. The molecular formula is C13H17F3N2O. The van der Waals surface area contributed by atoms with Crippen molar-refractivity contribution < 1.29 is 18.0 Å². The number of alkyl halides is 3. The minimum atomic E-state index is -4.44. The van der Waals surface area contributed by atoms with Gasteiger partial charge >= 0.3 is 6.18 Å². The molecule has 0 aliphatic heterocycles. The van der Waals surface area contributed by atoms with Crippen molar-refractivity contribution in [2.45, 2.75) is 32.4 Å². The molecule has 106 valence electrons. The predicted molar refractivity (Wildman–Crippen MR) is 64.7 cm³/mol. The lowest BCUT2D eigenvalue weighted by Gasteiger charge is -2.21.